The van der Waals surface area contributed by atoms with E-state index in [1.54, 1.807) is 4.90 Å². The van der Waals surface area contributed by atoms with Gasteiger partial charge < -0.3 is 29.7 Å². The maximum atomic E-state index is 14.2. The number of fused-ring (bicyclic) bond motifs is 1. The molecule has 0 aromatic heterocycles. The molecule has 7 rings (SSSR count). The summed E-state index contributed by atoms with van der Waals surface area (Å²) < 4.78 is 5.47. The molecule has 5 fully saturated rings. The predicted octanol–water partition coefficient (Wildman–Crippen LogP) is 2.02. The molecule has 44 heavy (non-hydrogen) atoms. The van der Waals surface area contributed by atoms with Gasteiger partial charge in [-0.1, -0.05) is 24.3 Å². The number of morpholine rings is 1. The van der Waals surface area contributed by atoms with Crippen molar-refractivity contribution >= 4 is 34.8 Å². The van der Waals surface area contributed by atoms with Gasteiger partial charge in [0, 0.05) is 61.7 Å². The largest absolute Gasteiger partial charge is 0.378 e. The number of anilines is 3. The lowest BCUT2D eigenvalue weighted by Gasteiger charge is -2.44. The molecule has 3 unspecified atom stereocenters. The Balaban J connectivity index is 1.02. The second-order valence-electron chi connectivity index (χ2n) is 12.9. The standard InChI is InChI=1S/C33H43N7O4/c41-30(35-26-5-4-8-28(20-26)37-15-17-44-18-16-37)22-39-23-40(27-6-2-1-3-7-27)33(32(39)43)11-13-38(14-12-33)31(42)24-9-10-29-25(19-24)21-34-36-29/h1-8,20,24-25,29,34,36H,9-19,21-23H2,(H,35,41). The zero-order valence-electron chi connectivity index (χ0n) is 25.2. The minimum atomic E-state index is -0.772. The van der Waals surface area contributed by atoms with Crippen LogP contribution in [-0.4, -0.2) is 98.3 Å². The van der Waals surface area contributed by atoms with Gasteiger partial charge in [-0.3, -0.25) is 25.2 Å². The Morgan fingerprint density at radius 1 is 0.955 bits per heavy atom. The van der Waals surface area contributed by atoms with E-state index >= 15 is 0 Å². The highest BCUT2D eigenvalue weighted by Crippen LogP contribution is 2.40. The lowest BCUT2D eigenvalue weighted by atomic mass is 9.77. The fourth-order valence-corrected chi connectivity index (χ4v) is 7.88. The van der Waals surface area contributed by atoms with Crippen molar-refractivity contribution in [3.05, 3.63) is 54.6 Å². The first-order valence-corrected chi connectivity index (χ1v) is 16.1. The number of hydrogen-bond donors (Lipinski definition) is 3. The average Bonchev–Trinajstić information content (AvgIpc) is 3.64. The van der Waals surface area contributed by atoms with E-state index in [9.17, 15) is 14.4 Å². The van der Waals surface area contributed by atoms with Crippen molar-refractivity contribution in [3.8, 4) is 0 Å². The molecule has 3 atom stereocenters. The number of rotatable bonds is 6. The second kappa shape index (κ2) is 12.4. The molecule has 4 aliphatic heterocycles. The van der Waals surface area contributed by atoms with Crippen molar-refractivity contribution in [2.75, 3.05) is 74.3 Å². The number of carbonyl (C=O) groups excluding carboxylic acids is 3. The van der Waals surface area contributed by atoms with Crippen LogP contribution in [-0.2, 0) is 19.1 Å². The van der Waals surface area contributed by atoms with Crippen molar-refractivity contribution in [2.24, 2.45) is 11.8 Å². The van der Waals surface area contributed by atoms with E-state index in [2.05, 4.69) is 26.0 Å². The molecule has 1 spiro atoms. The maximum Gasteiger partial charge on any atom is 0.250 e. The summed E-state index contributed by atoms with van der Waals surface area (Å²) in [5.41, 5.74) is 8.54. The SMILES string of the molecule is O=C(CN1CN(c2ccccc2)C2(CCN(C(=O)C3CCC4NNCC4C3)CC2)C1=O)Nc1cccc(N2CCOCC2)c1. The van der Waals surface area contributed by atoms with Gasteiger partial charge in [0.15, 0.2) is 0 Å². The van der Waals surface area contributed by atoms with Crippen molar-refractivity contribution < 1.29 is 19.1 Å². The summed E-state index contributed by atoms with van der Waals surface area (Å²) >= 11 is 0. The number of nitrogens with zero attached hydrogens (tertiary/aromatic N) is 4. The highest BCUT2D eigenvalue weighted by molar-refractivity contribution is 5.99. The van der Waals surface area contributed by atoms with Crippen LogP contribution in [0.1, 0.15) is 32.1 Å². The molecule has 4 heterocycles. The molecule has 3 N–H and O–H groups in total. The number of para-hydroxylation sites is 1. The van der Waals surface area contributed by atoms with E-state index in [-0.39, 0.29) is 30.2 Å². The molecule has 234 valence electrons. The van der Waals surface area contributed by atoms with Crippen LogP contribution < -0.4 is 26.0 Å². The molecule has 4 saturated heterocycles. The summed E-state index contributed by atoms with van der Waals surface area (Å²) in [6, 6.07) is 18.3. The van der Waals surface area contributed by atoms with E-state index in [1.165, 1.54) is 0 Å². The Morgan fingerprint density at radius 2 is 1.73 bits per heavy atom. The Hall–Kier alpha value is -3.67. The fraction of sp³-hybridized carbons (Fsp3) is 0.545. The molecule has 2 aromatic rings. The Kier molecular flexibility index (Phi) is 8.17. The smallest absolute Gasteiger partial charge is 0.250 e. The number of nitrogens with one attached hydrogen (secondary N) is 3. The molecular formula is C33H43N7O4. The van der Waals surface area contributed by atoms with Crippen LogP contribution >= 0.6 is 0 Å². The number of ether oxygens (including phenoxy) is 1. The number of hydrazine groups is 1. The maximum absolute atomic E-state index is 14.2. The van der Waals surface area contributed by atoms with Crippen molar-refractivity contribution in [1.82, 2.24) is 20.7 Å². The van der Waals surface area contributed by atoms with Crippen molar-refractivity contribution in [1.29, 1.82) is 0 Å². The quantitative estimate of drug-likeness (QED) is 0.462. The van der Waals surface area contributed by atoms with Crippen LogP contribution in [0.25, 0.3) is 0 Å². The minimum Gasteiger partial charge on any atom is -0.378 e. The summed E-state index contributed by atoms with van der Waals surface area (Å²) in [7, 11) is 0. The number of benzene rings is 2. The van der Waals surface area contributed by atoms with Gasteiger partial charge in [0.25, 0.3) is 5.91 Å². The van der Waals surface area contributed by atoms with E-state index in [0.29, 0.717) is 63.5 Å². The van der Waals surface area contributed by atoms with Gasteiger partial charge in [-0.2, -0.15) is 0 Å². The lowest BCUT2D eigenvalue weighted by Crippen LogP contribution is -2.58. The third kappa shape index (κ3) is 5.64. The van der Waals surface area contributed by atoms with Crippen LogP contribution in [0.2, 0.25) is 0 Å². The molecule has 1 saturated carbocycles. The number of hydrogen-bond acceptors (Lipinski definition) is 8. The van der Waals surface area contributed by atoms with E-state index < -0.39 is 5.54 Å². The number of carbonyl (C=O) groups is 3. The third-order valence-corrected chi connectivity index (χ3v) is 10.3. The normalized spacial score (nSPS) is 26.6. The van der Waals surface area contributed by atoms with Gasteiger partial charge >= 0.3 is 0 Å². The summed E-state index contributed by atoms with van der Waals surface area (Å²) in [5.74, 6) is 0.534. The summed E-state index contributed by atoms with van der Waals surface area (Å²) in [5, 5.41) is 3.02. The minimum absolute atomic E-state index is 0.0267. The van der Waals surface area contributed by atoms with E-state index in [1.807, 2.05) is 59.5 Å². The van der Waals surface area contributed by atoms with E-state index in [4.69, 9.17) is 4.74 Å². The van der Waals surface area contributed by atoms with Gasteiger partial charge in [0.2, 0.25) is 11.8 Å². The van der Waals surface area contributed by atoms with Crippen molar-refractivity contribution in [3.63, 3.8) is 0 Å². The second-order valence-corrected chi connectivity index (χ2v) is 12.9. The zero-order chi connectivity index (χ0) is 30.1. The zero-order valence-corrected chi connectivity index (χ0v) is 25.2. The Morgan fingerprint density at radius 3 is 2.52 bits per heavy atom. The first kappa shape index (κ1) is 29.1. The highest BCUT2D eigenvalue weighted by atomic mass is 16.5. The lowest BCUT2D eigenvalue weighted by molar-refractivity contribution is -0.142. The van der Waals surface area contributed by atoms with Crippen LogP contribution in [0.15, 0.2) is 54.6 Å². The fourth-order valence-electron chi connectivity index (χ4n) is 7.88. The first-order chi connectivity index (χ1) is 21.5. The van der Waals surface area contributed by atoms with Gasteiger partial charge in [-0.05, 0) is 68.4 Å². The molecule has 5 aliphatic rings. The average molecular weight is 602 g/mol. The molecule has 2 aromatic carbocycles. The highest BCUT2D eigenvalue weighted by Gasteiger charge is 2.54. The molecule has 1 aliphatic carbocycles. The van der Waals surface area contributed by atoms with Gasteiger partial charge in [-0.25, -0.2) is 0 Å². The van der Waals surface area contributed by atoms with Crippen LogP contribution in [0.5, 0.6) is 0 Å². The molecule has 0 bridgehead atoms. The summed E-state index contributed by atoms with van der Waals surface area (Å²) in [4.78, 5) is 49.1. The molecule has 11 heteroatoms. The van der Waals surface area contributed by atoms with Crippen molar-refractivity contribution in [2.45, 2.75) is 43.7 Å². The molecular weight excluding hydrogens is 558 g/mol. The molecule has 3 amide bonds. The van der Waals surface area contributed by atoms with E-state index in [0.717, 1.165) is 50.3 Å². The predicted molar refractivity (Wildman–Crippen MR) is 168 cm³/mol. The molecule has 0 radical (unpaired) electrons. The molecule has 11 nitrogen and oxygen atoms in total. The number of amides is 3. The monoisotopic (exact) mass is 601 g/mol. The Labute approximate surface area is 258 Å². The van der Waals surface area contributed by atoms with Crippen LogP contribution in [0.4, 0.5) is 17.1 Å². The summed E-state index contributed by atoms with van der Waals surface area (Å²) in [6.45, 7) is 5.33. The van der Waals surface area contributed by atoms with Gasteiger partial charge in [0.1, 0.15) is 12.1 Å². The third-order valence-electron chi connectivity index (χ3n) is 10.3. The van der Waals surface area contributed by atoms with Crippen LogP contribution in [0, 0.1) is 11.8 Å². The number of piperidine rings is 1. The number of likely N-dealkylation sites (tertiary alicyclic amines) is 1. The van der Waals surface area contributed by atoms with Gasteiger partial charge in [0.05, 0.1) is 19.9 Å². The first-order valence-electron chi connectivity index (χ1n) is 16.1. The Bertz CT molecular complexity index is 1360. The topological polar surface area (TPSA) is 109 Å². The summed E-state index contributed by atoms with van der Waals surface area (Å²) in [6.07, 6.45) is 3.94. The van der Waals surface area contributed by atoms with Gasteiger partial charge in [-0.15, -0.1) is 0 Å². The van der Waals surface area contributed by atoms with Crippen LogP contribution in [0.3, 0.4) is 0 Å².